The topological polar surface area (TPSA) is 142 Å². The zero-order valence-corrected chi connectivity index (χ0v) is 17.8. The Balaban J connectivity index is 0.000000316. The second-order valence-electron chi connectivity index (χ2n) is 6.07. The number of alkyl halides is 3. The Morgan fingerprint density at radius 2 is 1.61 bits per heavy atom. The molecule has 0 saturated heterocycles. The van der Waals surface area contributed by atoms with E-state index in [2.05, 4.69) is 25.1 Å². The van der Waals surface area contributed by atoms with Gasteiger partial charge in [-0.05, 0) is 26.3 Å². The molecular weight excluding hydrogens is 445 g/mol. The first-order valence-corrected chi connectivity index (χ1v) is 9.67. The van der Waals surface area contributed by atoms with Crippen LogP contribution >= 0.6 is 11.3 Å². The molecule has 2 heterocycles. The smallest absolute Gasteiger partial charge is 0.394 e. The number of aliphatic hydroxyl groups excluding tert-OH is 2. The van der Waals surface area contributed by atoms with Crippen LogP contribution in [0.15, 0.2) is 16.3 Å². The van der Waals surface area contributed by atoms with E-state index < -0.39 is 22.7 Å². The number of nitrogens with zero attached hydrogens (tertiary/aromatic N) is 2. The van der Waals surface area contributed by atoms with Crippen LogP contribution in [0.3, 0.4) is 0 Å². The molecule has 0 aliphatic carbocycles. The van der Waals surface area contributed by atoms with Crippen LogP contribution in [-0.2, 0) is 20.6 Å². The minimum atomic E-state index is -4.63. The number of carbonyl (C=O) groups is 2. The predicted molar refractivity (Wildman–Crippen MR) is 104 cm³/mol. The number of aliphatic imine (C=N–C) groups is 1. The molecule has 2 rings (SSSR count). The molecule has 174 valence electrons. The van der Waals surface area contributed by atoms with E-state index >= 15 is 0 Å². The molecule has 0 radical (unpaired) electrons. The number of hydrogen-bond acceptors (Lipinski definition) is 9. The van der Waals surface area contributed by atoms with Crippen molar-refractivity contribution in [2.75, 3.05) is 26.4 Å². The zero-order chi connectivity index (χ0) is 23.6. The van der Waals surface area contributed by atoms with E-state index in [1.54, 1.807) is 5.48 Å². The Morgan fingerprint density at radius 3 is 2.06 bits per heavy atom. The van der Waals surface area contributed by atoms with Gasteiger partial charge >= 0.3 is 6.18 Å². The molecule has 14 heteroatoms. The average Bonchev–Trinajstić information content (AvgIpc) is 3.24. The summed E-state index contributed by atoms with van der Waals surface area (Å²) in [6.07, 6.45) is -3.89. The van der Waals surface area contributed by atoms with Gasteiger partial charge in [0.25, 0.3) is 11.8 Å². The summed E-state index contributed by atoms with van der Waals surface area (Å²) in [6, 6.07) is 0. The Morgan fingerprint density at radius 1 is 1.06 bits per heavy atom. The fourth-order valence-electron chi connectivity index (χ4n) is 2.23. The van der Waals surface area contributed by atoms with Crippen molar-refractivity contribution in [2.45, 2.75) is 33.4 Å². The number of rotatable bonds is 8. The number of hydrogen-bond donors (Lipinski definition) is 4. The minimum Gasteiger partial charge on any atom is -0.394 e. The quantitative estimate of drug-likeness (QED) is 0.333. The van der Waals surface area contributed by atoms with E-state index in [1.807, 2.05) is 13.8 Å². The summed E-state index contributed by atoms with van der Waals surface area (Å²) < 4.78 is 37.6. The second kappa shape index (κ2) is 12.5. The molecule has 1 aliphatic rings. The number of amides is 2. The average molecular weight is 468 g/mol. The van der Waals surface area contributed by atoms with Crippen LogP contribution in [-0.4, -0.2) is 59.2 Å². The first-order valence-electron chi connectivity index (χ1n) is 8.85. The van der Waals surface area contributed by atoms with Gasteiger partial charge in [-0.1, -0.05) is 0 Å². The maximum absolute atomic E-state index is 12.5. The van der Waals surface area contributed by atoms with Gasteiger partial charge in [-0.25, -0.2) is 15.9 Å². The highest BCUT2D eigenvalue weighted by molar-refractivity contribution is 7.12. The molecule has 4 N–H and O–H groups in total. The molecule has 0 bridgehead atoms. The Labute approximate surface area is 179 Å². The van der Waals surface area contributed by atoms with Crippen LogP contribution < -0.4 is 11.0 Å². The van der Waals surface area contributed by atoms with Crippen LogP contribution in [0, 0.1) is 6.92 Å². The normalized spacial score (nSPS) is 13.5. The highest BCUT2D eigenvalue weighted by Crippen LogP contribution is 2.36. The first kappa shape index (κ1) is 26.6. The van der Waals surface area contributed by atoms with Crippen LogP contribution in [0.4, 0.5) is 13.2 Å². The van der Waals surface area contributed by atoms with E-state index in [0.717, 1.165) is 17.7 Å². The van der Waals surface area contributed by atoms with Crippen LogP contribution in [0.5, 0.6) is 0 Å². The molecular formula is C17H23F3N4O6S. The lowest BCUT2D eigenvalue weighted by Crippen LogP contribution is -2.27. The van der Waals surface area contributed by atoms with Crippen molar-refractivity contribution in [3.8, 4) is 0 Å². The summed E-state index contributed by atoms with van der Waals surface area (Å²) in [5, 5.41) is 16.9. The summed E-state index contributed by atoms with van der Waals surface area (Å²) >= 11 is 0.387. The SMILES string of the molecule is CC1=NC(C(=O)NOCCO)=C(C)C1.Cc1nc(C(=O)NOCCO)c(C(F)(F)F)s1. The molecule has 2 amide bonds. The summed E-state index contributed by atoms with van der Waals surface area (Å²) in [7, 11) is 0. The number of hydroxylamine groups is 2. The van der Waals surface area contributed by atoms with Crippen LogP contribution in [0.2, 0.25) is 0 Å². The number of aromatic nitrogens is 1. The van der Waals surface area contributed by atoms with E-state index in [1.165, 1.54) is 6.92 Å². The Kier molecular flexibility index (Phi) is 10.7. The molecule has 0 fully saturated rings. The Bertz CT molecular complexity index is 838. The van der Waals surface area contributed by atoms with E-state index in [4.69, 9.17) is 10.2 Å². The van der Waals surface area contributed by atoms with Crippen molar-refractivity contribution in [3.05, 3.63) is 26.8 Å². The van der Waals surface area contributed by atoms with Gasteiger partial charge in [0.1, 0.15) is 10.6 Å². The lowest BCUT2D eigenvalue weighted by Gasteiger charge is -2.06. The molecule has 1 aromatic rings. The maximum Gasteiger partial charge on any atom is 0.427 e. The molecule has 1 aliphatic heterocycles. The zero-order valence-electron chi connectivity index (χ0n) is 17.0. The summed E-state index contributed by atoms with van der Waals surface area (Å²) in [5.41, 5.74) is 5.54. The largest absolute Gasteiger partial charge is 0.427 e. The van der Waals surface area contributed by atoms with Gasteiger partial charge in [-0.3, -0.25) is 24.3 Å². The number of carbonyl (C=O) groups excluding carboxylic acids is 2. The van der Waals surface area contributed by atoms with E-state index in [9.17, 15) is 22.8 Å². The number of allylic oxidation sites excluding steroid dienone is 1. The highest BCUT2D eigenvalue weighted by Gasteiger charge is 2.38. The number of nitrogens with one attached hydrogen (secondary N) is 2. The molecule has 0 aromatic carbocycles. The fourth-order valence-corrected chi connectivity index (χ4v) is 3.02. The third-order valence-electron chi connectivity index (χ3n) is 3.37. The second-order valence-corrected chi connectivity index (χ2v) is 7.27. The van der Waals surface area contributed by atoms with E-state index in [0.29, 0.717) is 17.0 Å². The minimum absolute atomic E-state index is 0.0841. The fraction of sp³-hybridized carbons (Fsp3) is 0.529. The standard InChI is InChI=1S/C9H14N2O3.C8H9F3N2O3S/c1-6-5-7(2)10-8(6)9(13)11-14-4-3-12;1-4-12-5(6(17-4)8(9,10)11)7(15)13-16-3-2-14/h12H,3-5H2,1-2H3,(H,11,13);14H,2-3H2,1H3,(H,13,15). The van der Waals surface area contributed by atoms with Gasteiger partial charge < -0.3 is 10.2 Å². The molecule has 31 heavy (non-hydrogen) atoms. The molecule has 0 unspecified atom stereocenters. The lowest BCUT2D eigenvalue weighted by molar-refractivity contribution is -0.135. The van der Waals surface area contributed by atoms with Crippen molar-refractivity contribution in [2.24, 2.45) is 4.99 Å². The molecule has 0 spiro atoms. The number of aryl methyl sites for hydroxylation is 1. The van der Waals surface area contributed by atoms with Crippen molar-refractivity contribution >= 4 is 28.9 Å². The van der Waals surface area contributed by atoms with Crippen LogP contribution in [0.25, 0.3) is 0 Å². The monoisotopic (exact) mass is 468 g/mol. The number of aliphatic hydroxyl groups is 2. The van der Waals surface area contributed by atoms with Gasteiger partial charge in [0.05, 0.1) is 31.4 Å². The van der Waals surface area contributed by atoms with Gasteiger partial charge in [0, 0.05) is 12.1 Å². The lowest BCUT2D eigenvalue weighted by atomic mass is 10.1. The summed E-state index contributed by atoms with van der Waals surface area (Å²) in [5.74, 6) is -1.44. The highest BCUT2D eigenvalue weighted by atomic mass is 32.1. The summed E-state index contributed by atoms with van der Waals surface area (Å²) in [6.45, 7) is 4.49. The van der Waals surface area contributed by atoms with Crippen LogP contribution in [0.1, 0.15) is 40.6 Å². The molecule has 0 saturated carbocycles. The molecule has 0 atom stereocenters. The van der Waals surface area contributed by atoms with E-state index in [-0.39, 0.29) is 37.3 Å². The first-order chi connectivity index (χ1) is 14.5. The third kappa shape index (κ3) is 8.70. The van der Waals surface area contributed by atoms with Gasteiger partial charge in [0.2, 0.25) is 0 Å². The maximum atomic E-state index is 12.5. The third-order valence-corrected chi connectivity index (χ3v) is 4.38. The van der Waals surface area contributed by atoms with Gasteiger partial charge in [0.15, 0.2) is 5.69 Å². The van der Waals surface area contributed by atoms with Crippen molar-refractivity contribution in [3.63, 3.8) is 0 Å². The van der Waals surface area contributed by atoms with Gasteiger partial charge in [-0.2, -0.15) is 13.2 Å². The van der Waals surface area contributed by atoms with Crippen molar-refractivity contribution < 1.29 is 42.6 Å². The van der Waals surface area contributed by atoms with Gasteiger partial charge in [-0.15, -0.1) is 11.3 Å². The van der Waals surface area contributed by atoms with Crippen molar-refractivity contribution in [1.29, 1.82) is 0 Å². The molecule has 10 nitrogen and oxygen atoms in total. The van der Waals surface area contributed by atoms with Crippen molar-refractivity contribution in [1.82, 2.24) is 15.9 Å². The predicted octanol–water partition coefficient (Wildman–Crippen LogP) is 1.29. The number of thiazole rings is 1. The summed E-state index contributed by atoms with van der Waals surface area (Å²) in [4.78, 5) is 38.4. The Hall–Kier alpha value is -2.39. The molecule has 1 aromatic heterocycles. The number of halogens is 3.